The van der Waals surface area contributed by atoms with E-state index in [-0.39, 0.29) is 30.7 Å². The second kappa shape index (κ2) is 4.39. The zero-order chi connectivity index (χ0) is 11.6. The number of imide groups is 1. The van der Waals surface area contributed by atoms with Crippen molar-refractivity contribution in [3.05, 3.63) is 0 Å². The largest absolute Gasteiger partial charge is 0.479 e. The lowest BCUT2D eigenvalue weighted by Gasteiger charge is -2.18. The lowest BCUT2D eigenvalue weighted by molar-refractivity contribution is -0.152. The lowest BCUT2D eigenvalue weighted by atomic mass is 10.1. The molecule has 15 heavy (non-hydrogen) atoms. The molecule has 6 heteroatoms. The molecule has 0 aromatic rings. The molecule has 0 aromatic heterocycles. The van der Waals surface area contributed by atoms with E-state index < -0.39 is 12.1 Å². The van der Waals surface area contributed by atoms with Crippen molar-refractivity contribution in [3.8, 4) is 0 Å². The van der Waals surface area contributed by atoms with E-state index in [4.69, 9.17) is 5.11 Å². The number of hydrogen-bond donors (Lipinski definition) is 1. The van der Waals surface area contributed by atoms with Crippen molar-refractivity contribution in [1.82, 2.24) is 4.90 Å². The Morgan fingerprint density at radius 1 is 1.67 bits per heavy atom. The Kier molecular flexibility index (Phi) is 3.41. The first-order valence-corrected chi connectivity index (χ1v) is 4.57. The zero-order valence-corrected chi connectivity index (χ0v) is 8.60. The Bertz CT molecular complexity index is 301. The first-order valence-electron chi connectivity index (χ1n) is 4.57. The standard InChI is InChI=1S/C9H13NO5/c1-5-3-7(11)10(8(5)12)4-6(15-2)9(13)14/h5-6H,3-4H2,1-2H3,(H,13,14). The summed E-state index contributed by atoms with van der Waals surface area (Å²) >= 11 is 0. The first-order chi connectivity index (χ1) is 6.97. The molecule has 2 amide bonds. The Balaban J connectivity index is 2.69. The Morgan fingerprint density at radius 2 is 2.27 bits per heavy atom. The van der Waals surface area contributed by atoms with Gasteiger partial charge in [0, 0.05) is 19.4 Å². The first kappa shape index (κ1) is 11.6. The van der Waals surface area contributed by atoms with Crippen LogP contribution in [-0.2, 0) is 19.1 Å². The maximum Gasteiger partial charge on any atom is 0.334 e. The molecule has 0 aliphatic carbocycles. The predicted octanol–water partition coefficient (Wildman–Crippen LogP) is -0.519. The number of aliphatic carboxylic acids is 1. The van der Waals surface area contributed by atoms with Crippen LogP contribution in [0.1, 0.15) is 13.3 Å². The third-order valence-corrected chi connectivity index (χ3v) is 2.38. The van der Waals surface area contributed by atoms with Gasteiger partial charge in [-0.1, -0.05) is 6.92 Å². The molecule has 1 fully saturated rings. The average molecular weight is 215 g/mol. The molecule has 0 aromatic carbocycles. The molecule has 1 aliphatic heterocycles. The van der Waals surface area contributed by atoms with Crippen LogP contribution in [0.3, 0.4) is 0 Å². The predicted molar refractivity (Wildman–Crippen MR) is 48.9 cm³/mol. The summed E-state index contributed by atoms with van der Waals surface area (Å²) in [6.45, 7) is 1.43. The topological polar surface area (TPSA) is 83.9 Å². The summed E-state index contributed by atoms with van der Waals surface area (Å²) < 4.78 is 4.66. The van der Waals surface area contributed by atoms with Crippen molar-refractivity contribution in [1.29, 1.82) is 0 Å². The van der Waals surface area contributed by atoms with Gasteiger partial charge in [-0.15, -0.1) is 0 Å². The molecule has 2 atom stereocenters. The molecule has 1 rings (SSSR count). The number of hydrogen-bond acceptors (Lipinski definition) is 4. The van der Waals surface area contributed by atoms with Crippen LogP contribution in [-0.4, -0.2) is 47.5 Å². The quantitative estimate of drug-likeness (QED) is 0.638. The molecular formula is C9H13NO5. The van der Waals surface area contributed by atoms with E-state index in [0.717, 1.165) is 4.90 Å². The summed E-state index contributed by atoms with van der Waals surface area (Å²) in [7, 11) is 1.23. The van der Waals surface area contributed by atoms with Crippen LogP contribution >= 0.6 is 0 Å². The second-order valence-corrected chi connectivity index (χ2v) is 3.51. The summed E-state index contributed by atoms with van der Waals surface area (Å²) in [5, 5.41) is 8.70. The van der Waals surface area contributed by atoms with E-state index >= 15 is 0 Å². The summed E-state index contributed by atoms with van der Waals surface area (Å²) in [6, 6.07) is 0. The van der Waals surface area contributed by atoms with Crippen molar-refractivity contribution in [2.24, 2.45) is 5.92 Å². The number of carbonyl (C=O) groups excluding carboxylic acids is 2. The molecule has 0 spiro atoms. The number of amides is 2. The van der Waals surface area contributed by atoms with E-state index in [1.54, 1.807) is 6.92 Å². The van der Waals surface area contributed by atoms with Gasteiger partial charge in [-0.25, -0.2) is 4.79 Å². The molecule has 84 valence electrons. The summed E-state index contributed by atoms with van der Waals surface area (Å²) in [5.41, 5.74) is 0. The average Bonchev–Trinajstić information content (AvgIpc) is 2.39. The minimum atomic E-state index is -1.18. The SMILES string of the molecule is COC(CN1C(=O)CC(C)C1=O)C(=O)O. The number of rotatable bonds is 4. The number of carboxylic acid groups (broad SMARTS) is 1. The van der Waals surface area contributed by atoms with Gasteiger partial charge in [-0.2, -0.15) is 0 Å². The van der Waals surface area contributed by atoms with E-state index in [1.165, 1.54) is 7.11 Å². The summed E-state index contributed by atoms with van der Waals surface area (Å²) in [6.07, 6.45) is -1.00. The number of ether oxygens (including phenoxy) is 1. The monoisotopic (exact) mass is 215 g/mol. The highest BCUT2D eigenvalue weighted by molar-refractivity contribution is 6.03. The highest BCUT2D eigenvalue weighted by Gasteiger charge is 2.37. The van der Waals surface area contributed by atoms with Crippen LogP contribution in [0.15, 0.2) is 0 Å². The third kappa shape index (κ3) is 2.33. The van der Waals surface area contributed by atoms with Gasteiger partial charge in [0.25, 0.3) is 0 Å². The number of methoxy groups -OCH3 is 1. The van der Waals surface area contributed by atoms with Crippen LogP contribution in [0.2, 0.25) is 0 Å². The van der Waals surface area contributed by atoms with Gasteiger partial charge in [-0.05, 0) is 0 Å². The molecule has 1 heterocycles. The Morgan fingerprint density at radius 3 is 2.60 bits per heavy atom. The third-order valence-electron chi connectivity index (χ3n) is 2.38. The summed E-state index contributed by atoms with van der Waals surface area (Å²) in [5.74, 6) is -2.21. The zero-order valence-electron chi connectivity index (χ0n) is 8.60. The van der Waals surface area contributed by atoms with Gasteiger partial charge in [0.2, 0.25) is 11.8 Å². The smallest absolute Gasteiger partial charge is 0.334 e. The molecule has 6 nitrogen and oxygen atoms in total. The van der Waals surface area contributed by atoms with Gasteiger partial charge in [0.1, 0.15) is 0 Å². The molecular weight excluding hydrogens is 202 g/mol. The van der Waals surface area contributed by atoms with Crippen LogP contribution in [0, 0.1) is 5.92 Å². The normalized spacial score (nSPS) is 23.3. The van der Waals surface area contributed by atoms with E-state index in [2.05, 4.69) is 4.74 Å². The second-order valence-electron chi connectivity index (χ2n) is 3.51. The molecule has 1 aliphatic rings. The highest BCUT2D eigenvalue weighted by atomic mass is 16.5. The number of nitrogens with zero attached hydrogens (tertiary/aromatic N) is 1. The van der Waals surface area contributed by atoms with Crippen molar-refractivity contribution in [2.45, 2.75) is 19.4 Å². The van der Waals surface area contributed by atoms with Gasteiger partial charge >= 0.3 is 5.97 Å². The van der Waals surface area contributed by atoms with Crippen molar-refractivity contribution in [3.63, 3.8) is 0 Å². The molecule has 2 unspecified atom stereocenters. The lowest BCUT2D eigenvalue weighted by Crippen LogP contribution is -2.41. The maximum atomic E-state index is 11.4. The minimum Gasteiger partial charge on any atom is -0.479 e. The Labute approximate surface area is 86.8 Å². The van der Waals surface area contributed by atoms with Crippen LogP contribution in [0.25, 0.3) is 0 Å². The molecule has 0 radical (unpaired) electrons. The number of carboxylic acids is 1. The molecule has 1 N–H and O–H groups in total. The summed E-state index contributed by atoms with van der Waals surface area (Å²) in [4.78, 5) is 34.4. The van der Waals surface area contributed by atoms with E-state index in [0.29, 0.717) is 0 Å². The fourth-order valence-electron chi connectivity index (χ4n) is 1.46. The fraction of sp³-hybridized carbons (Fsp3) is 0.667. The Hall–Kier alpha value is -1.43. The van der Waals surface area contributed by atoms with E-state index in [1.807, 2.05) is 0 Å². The van der Waals surface area contributed by atoms with Crippen molar-refractivity contribution in [2.75, 3.05) is 13.7 Å². The van der Waals surface area contributed by atoms with Gasteiger partial charge in [-0.3, -0.25) is 14.5 Å². The molecule has 0 bridgehead atoms. The van der Waals surface area contributed by atoms with Gasteiger partial charge < -0.3 is 9.84 Å². The number of likely N-dealkylation sites (tertiary alicyclic amines) is 1. The van der Waals surface area contributed by atoms with Crippen LogP contribution in [0.5, 0.6) is 0 Å². The minimum absolute atomic E-state index is 0.148. The van der Waals surface area contributed by atoms with Crippen LogP contribution < -0.4 is 0 Å². The van der Waals surface area contributed by atoms with Crippen LogP contribution in [0.4, 0.5) is 0 Å². The molecule has 1 saturated heterocycles. The van der Waals surface area contributed by atoms with Gasteiger partial charge in [0.15, 0.2) is 6.10 Å². The van der Waals surface area contributed by atoms with E-state index in [9.17, 15) is 14.4 Å². The fourth-order valence-corrected chi connectivity index (χ4v) is 1.46. The van der Waals surface area contributed by atoms with Gasteiger partial charge in [0.05, 0.1) is 6.54 Å². The highest BCUT2D eigenvalue weighted by Crippen LogP contribution is 2.19. The molecule has 0 saturated carbocycles. The maximum absolute atomic E-state index is 11.4. The van der Waals surface area contributed by atoms with Crippen molar-refractivity contribution < 1.29 is 24.2 Å². The number of carbonyl (C=O) groups is 3. The van der Waals surface area contributed by atoms with Crippen molar-refractivity contribution >= 4 is 17.8 Å².